The largest absolute Gasteiger partial charge is 0.314 e. The van der Waals surface area contributed by atoms with E-state index in [1.54, 1.807) is 0 Å². The van der Waals surface area contributed by atoms with Crippen LogP contribution in [0.3, 0.4) is 0 Å². The zero-order valence-electron chi connectivity index (χ0n) is 29.7. The van der Waals surface area contributed by atoms with E-state index in [2.05, 4.69) is 24.1 Å². The van der Waals surface area contributed by atoms with Crippen molar-refractivity contribution in [2.75, 3.05) is 26.2 Å². The van der Waals surface area contributed by atoms with Crippen molar-refractivity contribution < 1.29 is 0 Å². The van der Waals surface area contributed by atoms with Crippen molar-refractivity contribution in [3.63, 3.8) is 0 Å². The molecule has 1 atom stereocenters. The molecule has 1 saturated heterocycles. The highest BCUT2D eigenvalue weighted by atomic mass is 15.2. The van der Waals surface area contributed by atoms with Gasteiger partial charge in [0.25, 0.3) is 0 Å². The van der Waals surface area contributed by atoms with Gasteiger partial charge in [-0.2, -0.15) is 0 Å². The summed E-state index contributed by atoms with van der Waals surface area (Å²) in [5, 5.41) is 3.68. The van der Waals surface area contributed by atoms with Crippen molar-refractivity contribution in [1.29, 1.82) is 0 Å². The second-order valence-electron chi connectivity index (χ2n) is 14.3. The first-order valence-corrected chi connectivity index (χ1v) is 20.3. The second-order valence-corrected chi connectivity index (χ2v) is 14.3. The number of nitrogens with zero attached hydrogens (tertiary/aromatic N) is 1. The summed E-state index contributed by atoms with van der Waals surface area (Å²) in [6, 6.07) is 0.807. The molecule has 2 heteroatoms. The molecule has 1 heterocycles. The first-order valence-electron chi connectivity index (χ1n) is 20.3. The molecule has 1 aliphatic rings. The van der Waals surface area contributed by atoms with Gasteiger partial charge in [-0.15, -0.1) is 0 Å². The van der Waals surface area contributed by atoms with E-state index in [9.17, 15) is 0 Å². The first-order chi connectivity index (χ1) is 20.9. The number of piperazine rings is 1. The quantitative estimate of drug-likeness (QED) is 0.0750. The fourth-order valence-electron chi connectivity index (χ4n) is 7.17. The molecule has 0 aromatic rings. The Labute approximate surface area is 267 Å². The number of nitrogens with one attached hydrogen (secondary N) is 1. The highest BCUT2D eigenvalue weighted by Crippen LogP contribution is 2.18. The summed E-state index contributed by atoms with van der Waals surface area (Å²) in [5.74, 6) is 0. The summed E-state index contributed by atoms with van der Waals surface area (Å²) in [6.07, 6.45) is 48.3. The van der Waals surface area contributed by atoms with Crippen molar-refractivity contribution in [2.24, 2.45) is 0 Å². The highest BCUT2D eigenvalue weighted by molar-refractivity contribution is 4.79. The maximum atomic E-state index is 3.68. The van der Waals surface area contributed by atoms with E-state index in [-0.39, 0.29) is 0 Å². The van der Waals surface area contributed by atoms with E-state index in [1.165, 1.54) is 238 Å². The Morgan fingerprint density at radius 1 is 0.405 bits per heavy atom. The van der Waals surface area contributed by atoms with Crippen molar-refractivity contribution >= 4 is 0 Å². The van der Waals surface area contributed by atoms with Crippen LogP contribution in [0.25, 0.3) is 0 Å². The lowest BCUT2D eigenvalue weighted by Gasteiger charge is -2.36. The lowest BCUT2D eigenvalue weighted by molar-refractivity contribution is 0.147. The van der Waals surface area contributed by atoms with Gasteiger partial charge in [0.1, 0.15) is 0 Å². The summed E-state index contributed by atoms with van der Waals surface area (Å²) in [7, 11) is 0. The van der Waals surface area contributed by atoms with Crippen LogP contribution < -0.4 is 5.32 Å². The van der Waals surface area contributed by atoms with Crippen LogP contribution in [0.5, 0.6) is 0 Å². The number of hydrogen-bond donors (Lipinski definition) is 1. The lowest BCUT2D eigenvalue weighted by atomic mass is 10.0. The van der Waals surface area contributed by atoms with Crippen LogP contribution in [-0.2, 0) is 0 Å². The molecule has 0 bridgehead atoms. The van der Waals surface area contributed by atoms with Gasteiger partial charge in [-0.3, -0.25) is 4.90 Å². The number of hydrogen-bond acceptors (Lipinski definition) is 2. The van der Waals surface area contributed by atoms with Crippen LogP contribution in [0, 0.1) is 0 Å². The lowest BCUT2D eigenvalue weighted by Crippen LogP contribution is -2.51. The van der Waals surface area contributed by atoms with Crippen LogP contribution in [0.1, 0.15) is 226 Å². The molecule has 2 nitrogen and oxygen atoms in total. The summed E-state index contributed by atoms with van der Waals surface area (Å²) >= 11 is 0. The number of rotatable bonds is 34. The van der Waals surface area contributed by atoms with E-state index in [0.717, 1.165) is 6.04 Å². The van der Waals surface area contributed by atoms with Crippen molar-refractivity contribution in [2.45, 2.75) is 232 Å². The molecule has 1 fully saturated rings. The van der Waals surface area contributed by atoms with Crippen molar-refractivity contribution in [1.82, 2.24) is 10.2 Å². The highest BCUT2D eigenvalue weighted by Gasteiger charge is 2.20. The van der Waals surface area contributed by atoms with E-state index < -0.39 is 0 Å². The van der Waals surface area contributed by atoms with Gasteiger partial charge < -0.3 is 5.32 Å². The standard InChI is InChI=1S/C40H82N2/c1-3-5-7-9-11-13-15-17-19-21-23-25-27-29-31-33-35-40-39-41-36-38-42(40)37-34-32-30-28-26-24-22-20-18-16-14-12-10-8-6-4-2/h40-41H,3-39H2,1-2H3. The fraction of sp³-hybridized carbons (Fsp3) is 1.00. The average molecular weight is 591 g/mol. The molecule has 1 N–H and O–H groups in total. The van der Waals surface area contributed by atoms with Gasteiger partial charge >= 0.3 is 0 Å². The minimum Gasteiger partial charge on any atom is -0.314 e. The third-order valence-corrected chi connectivity index (χ3v) is 10.2. The smallest absolute Gasteiger partial charge is 0.0221 e. The van der Waals surface area contributed by atoms with Crippen LogP contribution >= 0.6 is 0 Å². The van der Waals surface area contributed by atoms with Gasteiger partial charge in [0.05, 0.1) is 0 Å². The zero-order valence-corrected chi connectivity index (χ0v) is 29.7. The Bertz CT molecular complexity index is 448. The Balaban J connectivity index is 1.84. The first kappa shape index (κ1) is 39.9. The Kier molecular flexibility index (Phi) is 32.2. The van der Waals surface area contributed by atoms with Gasteiger partial charge in [0.15, 0.2) is 0 Å². The van der Waals surface area contributed by atoms with Crippen LogP contribution in [-0.4, -0.2) is 37.1 Å². The second kappa shape index (κ2) is 33.8. The maximum absolute atomic E-state index is 3.68. The minimum absolute atomic E-state index is 0.807. The Morgan fingerprint density at radius 2 is 0.714 bits per heavy atom. The van der Waals surface area contributed by atoms with Gasteiger partial charge in [-0.25, -0.2) is 0 Å². The Morgan fingerprint density at radius 3 is 1.07 bits per heavy atom. The van der Waals surface area contributed by atoms with E-state index in [0.29, 0.717) is 0 Å². The van der Waals surface area contributed by atoms with Crippen molar-refractivity contribution in [3.05, 3.63) is 0 Å². The SMILES string of the molecule is CCCCCCCCCCCCCCCCCCC1CNCCN1CCCCCCCCCCCCCCCCCC. The maximum Gasteiger partial charge on any atom is 0.0221 e. The molecular weight excluding hydrogens is 508 g/mol. The van der Waals surface area contributed by atoms with E-state index in [1.807, 2.05) is 0 Å². The molecule has 0 aromatic carbocycles. The van der Waals surface area contributed by atoms with Gasteiger partial charge in [0.2, 0.25) is 0 Å². The monoisotopic (exact) mass is 591 g/mol. The molecule has 1 aliphatic heterocycles. The minimum atomic E-state index is 0.807. The molecule has 0 aromatic heterocycles. The van der Waals surface area contributed by atoms with Crippen LogP contribution in [0.4, 0.5) is 0 Å². The zero-order chi connectivity index (χ0) is 30.0. The topological polar surface area (TPSA) is 15.3 Å². The Hall–Kier alpha value is -0.0800. The third-order valence-electron chi connectivity index (χ3n) is 10.2. The molecular formula is C40H82N2. The molecule has 252 valence electrons. The summed E-state index contributed by atoms with van der Waals surface area (Å²) < 4.78 is 0. The molecule has 0 aliphatic carbocycles. The van der Waals surface area contributed by atoms with Gasteiger partial charge in [-0.05, 0) is 19.4 Å². The molecule has 0 radical (unpaired) electrons. The van der Waals surface area contributed by atoms with Crippen molar-refractivity contribution in [3.8, 4) is 0 Å². The predicted octanol–water partition coefficient (Wildman–Crippen LogP) is 13.2. The van der Waals surface area contributed by atoms with Gasteiger partial charge in [0, 0.05) is 25.7 Å². The molecule has 0 saturated carbocycles. The molecule has 1 rings (SSSR count). The predicted molar refractivity (Wildman–Crippen MR) is 192 cm³/mol. The fourth-order valence-corrected chi connectivity index (χ4v) is 7.17. The summed E-state index contributed by atoms with van der Waals surface area (Å²) in [4.78, 5) is 2.84. The number of unbranched alkanes of at least 4 members (excludes halogenated alkanes) is 30. The molecule has 0 spiro atoms. The van der Waals surface area contributed by atoms with Gasteiger partial charge in [-0.1, -0.05) is 213 Å². The summed E-state index contributed by atoms with van der Waals surface area (Å²) in [5.41, 5.74) is 0. The van der Waals surface area contributed by atoms with E-state index in [4.69, 9.17) is 0 Å². The molecule has 42 heavy (non-hydrogen) atoms. The van der Waals surface area contributed by atoms with Crippen LogP contribution in [0.15, 0.2) is 0 Å². The summed E-state index contributed by atoms with van der Waals surface area (Å²) in [6.45, 7) is 9.69. The van der Waals surface area contributed by atoms with E-state index >= 15 is 0 Å². The molecule has 1 unspecified atom stereocenters. The third kappa shape index (κ3) is 27.5. The molecule has 0 amide bonds. The van der Waals surface area contributed by atoms with Crippen LogP contribution in [0.2, 0.25) is 0 Å². The normalized spacial score (nSPS) is 16.0. The average Bonchev–Trinajstić information content (AvgIpc) is 3.01.